The minimum atomic E-state index is -0.293. The summed E-state index contributed by atoms with van der Waals surface area (Å²) in [5.41, 5.74) is 2.24. The van der Waals surface area contributed by atoms with Gasteiger partial charge in [-0.05, 0) is 37.3 Å². The number of carbonyl (C=O) groups is 1. The number of pyridine rings is 1. The van der Waals surface area contributed by atoms with Crippen molar-refractivity contribution < 1.29 is 9.53 Å². The van der Waals surface area contributed by atoms with E-state index >= 15 is 0 Å². The molecule has 0 unspecified atom stereocenters. The normalized spacial score (nSPS) is 10.6. The van der Waals surface area contributed by atoms with E-state index in [9.17, 15) is 4.79 Å². The maximum absolute atomic E-state index is 11.9. The molecule has 134 valence electrons. The molecule has 0 aliphatic carbocycles. The molecular weight excluding hydrogens is 393 g/mol. The van der Waals surface area contributed by atoms with Gasteiger partial charge in [0.05, 0.1) is 29.4 Å². The predicted octanol–water partition coefficient (Wildman–Crippen LogP) is 5.36. The zero-order chi connectivity index (χ0) is 18.5. The molecule has 2 aromatic heterocycles. The second-order valence-corrected chi connectivity index (χ2v) is 7.18. The number of esters is 1. The van der Waals surface area contributed by atoms with Gasteiger partial charge in [0.2, 0.25) is 0 Å². The lowest BCUT2D eigenvalue weighted by atomic mass is 10.1. The topological polar surface area (TPSA) is 64.1 Å². The van der Waals surface area contributed by atoms with Gasteiger partial charge in [0.25, 0.3) is 0 Å². The van der Waals surface area contributed by atoms with Crippen LogP contribution < -0.4 is 5.32 Å². The number of benzene rings is 1. The molecule has 3 aromatic rings. The average Bonchev–Trinajstić information content (AvgIpc) is 3.01. The highest BCUT2D eigenvalue weighted by Gasteiger charge is 2.17. The third-order valence-electron chi connectivity index (χ3n) is 3.43. The Hall–Kier alpha value is -2.15. The first-order valence-corrected chi connectivity index (χ1v) is 9.42. The summed E-state index contributed by atoms with van der Waals surface area (Å²) >= 11 is 13.6. The van der Waals surface area contributed by atoms with Gasteiger partial charge in [-0.15, -0.1) is 11.3 Å². The molecule has 0 bridgehead atoms. The van der Waals surface area contributed by atoms with Crippen molar-refractivity contribution in [3.05, 3.63) is 57.6 Å². The van der Waals surface area contributed by atoms with Crippen molar-refractivity contribution in [3.63, 3.8) is 0 Å². The zero-order valence-corrected chi connectivity index (χ0v) is 16.2. The molecule has 0 saturated carbocycles. The molecule has 3 rings (SSSR count). The van der Waals surface area contributed by atoms with Crippen LogP contribution in [-0.4, -0.2) is 22.5 Å². The average molecular weight is 408 g/mol. The molecule has 0 atom stereocenters. The van der Waals surface area contributed by atoms with E-state index in [0.717, 1.165) is 10.4 Å². The van der Waals surface area contributed by atoms with Crippen molar-refractivity contribution in [2.75, 3.05) is 11.9 Å². The monoisotopic (exact) mass is 407 g/mol. The summed E-state index contributed by atoms with van der Waals surface area (Å²) in [6, 6.07) is 8.84. The molecule has 5 nitrogen and oxygen atoms in total. The molecule has 0 aliphatic heterocycles. The van der Waals surface area contributed by atoms with Gasteiger partial charge in [-0.25, -0.2) is 4.98 Å². The van der Waals surface area contributed by atoms with Gasteiger partial charge in [-0.2, -0.15) is 0 Å². The number of ether oxygens (including phenoxy) is 1. The molecule has 0 spiro atoms. The van der Waals surface area contributed by atoms with Gasteiger partial charge in [0.1, 0.15) is 0 Å². The van der Waals surface area contributed by atoms with Crippen molar-refractivity contribution in [2.45, 2.75) is 13.3 Å². The summed E-state index contributed by atoms with van der Waals surface area (Å²) in [7, 11) is 0. The van der Waals surface area contributed by atoms with Gasteiger partial charge in [-0.1, -0.05) is 23.2 Å². The van der Waals surface area contributed by atoms with Crippen LogP contribution in [0.5, 0.6) is 0 Å². The van der Waals surface area contributed by atoms with Crippen molar-refractivity contribution in [1.82, 2.24) is 9.97 Å². The third kappa shape index (κ3) is 4.52. The minimum absolute atomic E-state index is 0.147. The van der Waals surface area contributed by atoms with E-state index in [1.807, 2.05) is 12.1 Å². The van der Waals surface area contributed by atoms with Crippen LogP contribution in [0.2, 0.25) is 10.0 Å². The second kappa shape index (κ2) is 8.49. The molecule has 0 radical (unpaired) electrons. The Kier molecular flexibility index (Phi) is 6.08. The maximum Gasteiger partial charge on any atom is 0.311 e. The first kappa shape index (κ1) is 18.6. The van der Waals surface area contributed by atoms with Crippen LogP contribution in [0, 0.1) is 0 Å². The van der Waals surface area contributed by atoms with E-state index < -0.39 is 0 Å². The Bertz CT molecular complexity index is 916. The molecule has 0 amide bonds. The number of nitrogens with zero attached hydrogens (tertiary/aromatic N) is 2. The van der Waals surface area contributed by atoms with Crippen LogP contribution in [0.25, 0.3) is 11.3 Å². The SMILES string of the molecule is CCOC(=O)Cc1sc(Nc2cc(Cl)ccc2Cl)nc1-c1ccncc1. The van der Waals surface area contributed by atoms with Gasteiger partial charge < -0.3 is 10.1 Å². The molecule has 26 heavy (non-hydrogen) atoms. The van der Waals surface area contributed by atoms with Crippen molar-refractivity contribution in [2.24, 2.45) is 0 Å². The van der Waals surface area contributed by atoms with Crippen molar-refractivity contribution >= 4 is 51.3 Å². The van der Waals surface area contributed by atoms with Crippen molar-refractivity contribution in [1.29, 1.82) is 0 Å². The smallest absolute Gasteiger partial charge is 0.311 e. The lowest BCUT2D eigenvalue weighted by Crippen LogP contribution is -2.07. The van der Waals surface area contributed by atoms with E-state index in [1.165, 1.54) is 11.3 Å². The molecule has 1 N–H and O–H groups in total. The number of carbonyl (C=O) groups excluding carboxylic acids is 1. The standard InChI is InChI=1S/C18H15Cl2N3O2S/c1-2-25-16(24)10-15-17(11-5-7-21-8-6-11)23-18(26-15)22-14-9-12(19)3-4-13(14)20/h3-9H,2,10H2,1H3,(H,22,23). The Morgan fingerprint density at radius 3 is 2.73 bits per heavy atom. The van der Waals surface area contributed by atoms with Crippen LogP contribution in [0.4, 0.5) is 10.8 Å². The largest absolute Gasteiger partial charge is 0.466 e. The van der Waals surface area contributed by atoms with E-state index in [1.54, 1.807) is 37.5 Å². The van der Waals surface area contributed by atoms with Crippen LogP contribution in [0.3, 0.4) is 0 Å². The highest BCUT2D eigenvalue weighted by Crippen LogP contribution is 2.35. The van der Waals surface area contributed by atoms with Gasteiger partial charge in [0, 0.05) is 27.9 Å². The van der Waals surface area contributed by atoms with Crippen LogP contribution >= 0.6 is 34.5 Å². The van der Waals surface area contributed by atoms with Crippen LogP contribution in [-0.2, 0) is 16.0 Å². The van der Waals surface area contributed by atoms with Crippen LogP contribution in [0.1, 0.15) is 11.8 Å². The Morgan fingerprint density at radius 1 is 1.23 bits per heavy atom. The number of hydrogen-bond donors (Lipinski definition) is 1. The molecule has 2 heterocycles. The number of thiazole rings is 1. The van der Waals surface area contributed by atoms with Gasteiger partial charge in [-0.3, -0.25) is 9.78 Å². The summed E-state index contributed by atoms with van der Waals surface area (Å²) in [5, 5.41) is 4.88. The number of anilines is 2. The lowest BCUT2D eigenvalue weighted by Gasteiger charge is -2.05. The minimum Gasteiger partial charge on any atom is -0.466 e. The fourth-order valence-electron chi connectivity index (χ4n) is 2.31. The molecule has 1 aromatic carbocycles. The fourth-order valence-corrected chi connectivity index (χ4v) is 3.63. The predicted molar refractivity (Wildman–Crippen MR) is 105 cm³/mol. The van der Waals surface area contributed by atoms with E-state index in [2.05, 4.69) is 15.3 Å². The lowest BCUT2D eigenvalue weighted by molar-refractivity contribution is -0.142. The highest BCUT2D eigenvalue weighted by atomic mass is 35.5. The Labute approximate surface area is 165 Å². The first-order valence-electron chi connectivity index (χ1n) is 7.84. The van der Waals surface area contributed by atoms with Gasteiger partial charge in [0.15, 0.2) is 5.13 Å². The summed E-state index contributed by atoms with van der Waals surface area (Å²) in [4.78, 5) is 21.4. The summed E-state index contributed by atoms with van der Waals surface area (Å²) in [5.74, 6) is -0.293. The third-order valence-corrected chi connectivity index (χ3v) is 4.97. The number of rotatable bonds is 6. The Balaban J connectivity index is 1.95. The Morgan fingerprint density at radius 2 is 2.00 bits per heavy atom. The second-order valence-electron chi connectivity index (χ2n) is 5.26. The highest BCUT2D eigenvalue weighted by molar-refractivity contribution is 7.16. The van der Waals surface area contributed by atoms with Crippen molar-refractivity contribution in [3.8, 4) is 11.3 Å². The number of halogens is 2. The maximum atomic E-state index is 11.9. The molecule has 0 fully saturated rings. The quantitative estimate of drug-likeness (QED) is 0.557. The molecular formula is C18H15Cl2N3O2S. The van der Waals surface area contributed by atoms with Gasteiger partial charge >= 0.3 is 5.97 Å². The summed E-state index contributed by atoms with van der Waals surface area (Å²) in [6.45, 7) is 2.12. The van der Waals surface area contributed by atoms with E-state index in [4.69, 9.17) is 27.9 Å². The number of nitrogens with one attached hydrogen (secondary N) is 1. The summed E-state index contributed by atoms with van der Waals surface area (Å²) in [6.07, 6.45) is 3.52. The van der Waals surface area contributed by atoms with E-state index in [0.29, 0.717) is 33.2 Å². The molecule has 8 heteroatoms. The fraction of sp³-hybridized carbons (Fsp3) is 0.167. The molecule has 0 saturated heterocycles. The summed E-state index contributed by atoms with van der Waals surface area (Å²) < 4.78 is 5.07. The first-order chi connectivity index (χ1) is 12.6. The van der Waals surface area contributed by atoms with E-state index in [-0.39, 0.29) is 12.4 Å². The zero-order valence-electron chi connectivity index (χ0n) is 13.8. The number of aromatic nitrogens is 2. The number of hydrogen-bond acceptors (Lipinski definition) is 6. The molecule has 0 aliphatic rings. The van der Waals surface area contributed by atoms with Crippen LogP contribution in [0.15, 0.2) is 42.7 Å².